The molecule has 0 spiro atoms. The van der Waals surface area contributed by atoms with Crippen molar-refractivity contribution in [2.75, 3.05) is 4.90 Å². The first-order valence-corrected chi connectivity index (χ1v) is 9.70. The summed E-state index contributed by atoms with van der Waals surface area (Å²) in [5.41, 5.74) is 7.24. The Balaban J connectivity index is 1.52. The van der Waals surface area contributed by atoms with Gasteiger partial charge in [0, 0.05) is 22.6 Å². The SMILES string of the molecule is O=C(NN=Cc1ccc(N(c2ccccc2)c2ccccc2)cc1)c1ccccc1. The van der Waals surface area contributed by atoms with Crippen molar-refractivity contribution in [3.63, 3.8) is 0 Å². The number of para-hydroxylation sites is 2. The van der Waals surface area contributed by atoms with Crippen LogP contribution in [0, 0.1) is 0 Å². The van der Waals surface area contributed by atoms with Crippen LogP contribution in [0.5, 0.6) is 0 Å². The van der Waals surface area contributed by atoms with Gasteiger partial charge < -0.3 is 4.90 Å². The lowest BCUT2D eigenvalue weighted by Gasteiger charge is -2.25. The van der Waals surface area contributed by atoms with Gasteiger partial charge in [-0.3, -0.25) is 4.79 Å². The van der Waals surface area contributed by atoms with Crippen LogP contribution in [0.15, 0.2) is 120 Å². The smallest absolute Gasteiger partial charge is 0.271 e. The number of carbonyl (C=O) groups is 1. The van der Waals surface area contributed by atoms with Crippen LogP contribution in [0.1, 0.15) is 15.9 Å². The molecular weight excluding hydrogens is 370 g/mol. The van der Waals surface area contributed by atoms with Crippen LogP contribution in [0.25, 0.3) is 0 Å². The first-order chi connectivity index (χ1) is 14.8. The average molecular weight is 391 g/mol. The van der Waals surface area contributed by atoms with Gasteiger partial charge in [0.05, 0.1) is 6.21 Å². The first-order valence-electron chi connectivity index (χ1n) is 9.70. The fraction of sp³-hybridized carbons (Fsp3) is 0. The van der Waals surface area contributed by atoms with Gasteiger partial charge in [-0.1, -0.05) is 66.7 Å². The van der Waals surface area contributed by atoms with E-state index in [1.807, 2.05) is 78.9 Å². The monoisotopic (exact) mass is 391 g/mol. The fourth-order valence-electron chi connectivity index (χ4n) is 3.13. The van der Waals surface area contributed by atoms with Gasteiger partial charge >= 0.3 is 0 Å². The Hall–Kier alpha value is -4.18. The molecule has 0 aliphatic carbocycles. The van der Waals surface area contributed by atoms with Gasteiger partial charge in [0.2, 0.25) is 0 Å². The van der Waals surface area contributed by atoms with Crippen LogP contribution in [0.2, 0.25) is 0 Å². The summed E-state index contributed by atoms with van der Waals surface area (Å²) in [6.45, 7) is 0. The molecule has 0 saturated heterocycles. The minimum Gasteiger partial charge on any atom is -0.311 e. The van der Waals surface area contributed by atoms with Crippen LogP contribution in [-0.2, 0) is 0 Å². The molecule has 4 heteroatoms. The molecule has 0 bridgehead atoms. The summed E-state index contributed by atoms with van der Waals surface area (Å²) < 4.78 is 0. The number of carbonyl (C=O) groups excluding carboxylic acids is 1. The van der Waals surface area contributed by atoms with Gasteiger partial charge in [-0.05, 0) is 54.1 Å². The van der Waals surface area contributed by atoms with Gasteiger partial charge in [-0.15, -0.1) is 0 Å². The molecule has 4 rings (SSSR count). The highest BCUT2D eigenvalue weighted by Crippen LogP contribution is 2.33. The van der Waals surface area contributed by atoms with E-state index in [0.29, 0.717) is 5.56 Å². The molecule has 4 aromatic rings. The Labute approximate surface area is 176 Å². The van der Waals surface area contributed by atoms with Crippen molar-refractivity contribution in [1.82, 2.24) is 5.43 Å². The minimum atomic E-state index is -0.234. The molecule has 0 unspecified atom stereocenters. The van der Waals surface area contributed by atoms with Crippen LogP contribution in [0.3, 0.4) is 0 Å². The van der Waals surface area contributed by atoms with Crippen molar-refractivity contribution in [2.24, 2.45) is 5.10 Å². The van der Waals surface area contributed by atoms with Gasteiger partial charge in [0.15, 0.2) is 0 Å². The number of nitrogens with one attached hydrogen (secondary N) is 1. The maximum Gasteiger partial charge on any atom is 0.271 e. The van der Waals surface area contributed by atoms with Gasteiger partial charge in [-0.25, -0.2) is 5.43 Å². The topological polar surface area (TPSA) is 44.7 Å². The Morgan fingerprint density at radius 2 is 1.10 bits per heavy atom. The molecule has 146 valence electrons. The summed E-state index contributed by atoms with van der Waals surface area (Å²) in [6.07, 6.45) is 1.64. The number of benzene rings is 4. The highest BCUT2D eigenvalue weighted by molar-refractivity contribution is 5.94. The zero-order valence-corrected chi connectivity index (χ0v) is 16.3. The summed E-state index contributed by atoms with van der Waals surface area (Å²) in [7, 11) is 0. The molecule has 0 aliphatic rings. The number of anilines is 3. The molecule has 0 fully saturated rings. The molecule has 0 atom stereocenters. The number of hydrogen-bond donors (Lipinski definition) is 1. The van der Waals surface area contributed by atoms with Gasteiger partial charge in [-0.2, -0.15) is 5.10 Å². The van der Waals surface area contributed by atoms with Crippen molar-refractivity contribution in [3.8, 4) is 0 Å². The molecule has 0 aromatic heterocycles. The molecular formula is C26H21N3O. The summed E-state index contributed by atoms with van der Waals surface area (Å²) in [5.74, 6) is -0.234. The third-order valence-corrected chi connectivity index (χ3v) is 4.60. The maximum atomic E-state index is 12.1. The summed E-state index contributed by atoms with van der Waals surface area (Å²) in [4.78, 5) is 14.3. The zero-order valence-electron chi connectivity index (χ0n) is 16.3. The van der Waals surface area contributed by atoms with E-state index < -0.39 is 0 Å². The fourth-order valence-corrected chi connectivity index (χ4v) is 3.13. The normalized spacial score (nSPS) is 10.7. The summed E-state index contributed by atoms with van der Waals surface area (Å²) in [5, 5.41) is 4.07. The molecule has 4 aromatic carbocycles. The predicted molar refractivity (Wildman–Crippen MR) is 123 cm³/mol. The standard InChI is InChI=1S/C26H21N3O/c30-26(22-10-4-1-5-11-22)28-27-20-21-16-18-25(19-17-21)29(23-12-6-2-7-13-23)24-14-8-3-9-15-24/h1-20H,(H,28,30). The molecule has 0 saturated carbocycles. The van der Waals surface area contributed by atoms with E-state index in [-0.39, 0.29) is 5.91 Å². The summed E-state index contributed by atoms with van der Waals surface area (Å²) >= 11 is 0. The highest BCUT2D eigenvalue weighted by atomic mass is 16.2. The maximum absolute atomic E-state index is 12.1. The minimum absolute atomic E-state index is 0.234. The summed E-state index contributed by atoms with van der Waals surface area (Å²) in [6, 6.07) is 37.5. The number of amides is 1. The lowest BCUT2D eigenvalue weighted by molar-refractivity contribution is 0.0955. The van der Waals surface area contributed by atoms with E-state index in [9.17, 15) is 4.79 Å². The van der Waals surface area contributed by atoms with E-state index in [2.05, 4.69) is 39.7 Å². The second-order valence-corrected chi connectivity index (χ2v) is 6.66. The van der Waals surface area contributed by atoms with Crippen LogP contribution in [0.4, 0.5) is 17.1 Å². The number of hydrogen-bond acceptors (Lipinski definition) is 3. The first kappa shape index (κ1) is 19.2. The molecule has 1 amide bonds. The second kappa shape index (κ2) is 9.34. The third kappa shape index (κ3) is 4.62. The van der Waals surface area contributed by atoms with Crippen molar-refractivity contribution in [3.05, 3.63) is 126 Å². The van der Waals surface area contributed by atoms with E-state index in [0.717, 1.165) is 22.6 Å². The Morgan fingerprint density at radius 3 is 1.63 bits per heavy atom. The third-order valence-electron chi connectivity index (χ3n) is 4.60. The Kier molecular flexibility index (Phi) is 5.97. The Morgan fingerprint density at radius 1 is 0.633 bits per heavy atom. The van der Waals surface area contributed by atoms with Crippen LogP contribution >= 0.6 is 0 Å². The molecule has 30 heavy (non-hydrogen) atoms. The number of nitrogens with zero attached hydrogens (tertiary/aromatic N) is 2. The van der Waals surface area contributed by atoms with Crippen LogP contribution < -0.4 is 10.3 Å². The van der Waals surface area contributed by atoms with Crippen molar-refractivity contribution < 1.29 is 4.79 Å². The molecule has 0 heterocycles. The van der Waals surface area contributed by atoms with E-state index in [1.54, 1.807) is 18.3 Å². The van der Waals surface area contributed by atoms with E-state index in [4.69, 9.17) is 0 Å². The Bertz CT molecular complexity index is 1070. The molecule has 0 aliphatic heterocycles. The lowest BCUT2D eigenvalue weighted by Crippen LogP contribution is -2.17. The van der Waals surface area contributed by atoms with Crippen molar-refractivity contribution >= 4 is 29.2 Å². The van der Waals surface area contributed by atoms with Crippen LogP contribution in [-0.4, -0.2) is 12.1 Å². The lowest BCUT2D eigenvalue weighted by atomic mass is 10.1. The second-order valence-electron chi connectivity index (χ2n) is 6.66. The zero-order chi connectivity index (χ0) is 20.6. The van der Waals surface area contributed by atoms with Gasteiger partial charge in [0.1, 0.15) is 0 Å². The van der Waals surface area contributed by atoms with E-state index >= 15 is 0 Å². The van der Waals surface area contributed by atoms with Crippen molar-refractivity contribution in [1.29, 1.82) is 0 Å². The number of rotatable bonds is 6. The molecule has 1 N–H and O–H groups in total. The predicted octanol–water partition coefficient (Wildman–Crippen LogP) is 5.92. The molecule has 0 radical (unpaired) electrons. The van der Waals surface area contributed by atoms with Gasteiger partial charge in [0.25, 0.3) is 5.91 Å². The number of hydrazone groups is 1. The largest absolute Gasteiger partial charge is 0.311 e. The average Bonchev–Trinajstić information content (AvgIpc) is 2.82. The molecule has 4 nitrogen and oxygen atoms in total. The van der Waals surface area contributed by atoms with Crippen molar-refractivity contribution in [2.45, 2.75) is 0 Å². The highest BCUT2D eigenvalue weighted by Gasteiger charge is 2.11. The quantitative estimate of drug-likeness (QED) is 0.327. The van der Waals surface area contributed by atoms with E-state index in [1.165, 1.54) is 0 Å².